The fourth-order valence-electron chi connectivity index (χ4n) is 7.50. The van der Waals surface area contributed by atoms with E-state index in [0.717, 1.165) is 0 Å². The maximum absolute atomic E-state index is 14.8. The van der Waals surface area contributed by atoms with Crippen LogP contribution in [0.5, 0.6) is 0 Å². The number of fused-ring (bicyclic) bond motifs is 7. The number of nitro groups is 1. The highest BCUT2D eigenvalue weighted by Gasteiger charge is 2.81. The molecular weight excluding hydrogens is 491 g/mol. The standard InChI is InChI=1S/C28H21FN4O5/c29-16-10-11-21-19(14-16)28(26(36)31-21)27(18-7-1-2-8-20(18)30-25(27)35)23(22-9-4-12-32(22)28)24(34)15-5-3-6-17(13-15)33(37)38/h1-3,5-8,10-11,13-14,22-23H,4,9,12H2,(H,30,35)(H,31,36)/t22-,23+,27-,28+/m0/s1. The molecule has 0 bridgehead atoms. The average molecular weight is 512 g/mol. The minimum Gasteiger partial charge on any atom is -0.325 e. The lowest BCUT2D eigenvalue weighted by Crippen LogP contribution is -2.62. The van der Waals surface area contributed by atoms with Crippen LogP contribution in [0.15, 0.2) is 66.7 Å². The summed E-state index contributed by atoms with van der Waals surface area (Å²) in [6.07, 6.45) is 1.20. The van der Waals surface area contributed by atoms with E-state index < -0.39 is 51.3 Å². The summed E-state index contributed by atoms with van der Waals surface area (Å²) in [4.78, 5) is 55.8. The minimum absolute atomic E-state index is 0.0857. The number of carbonyl (C=O) groups is 3. The van der Waals surface area contributed by atoms with Crippen molar-refractivity contribution in [2.45, 2.75) is 29.8 Å². The van der Waals surface area contributed by atoms with Crippen molar-refractivity contribution < 1.29 is 23.7 Å². The van der Waals surface area contributed by atoms with E-state index in [0.29, 0.717) is 41.9 Å². The Morgan fingerprint density at radius 3 is 2.55 bits per heavy atom. The quantitative estimate of drug-likeness (QED) is 0.313. The Morgan fingerprint density at radius 2 is 1.74 bits per heavy atom. The first-order valence-corrected chi connectivity index (χ1v) is 12.4. The van der Waals surface area contributed by atoms with Crippen LogP contribution in [0.25, 0.3) is 0 Å². The summed E-state index contributed by atoms with van der Waals surface area (Å²) in [5.74, 6) is -3.11. The van der Waals surface area contributed by atoms with Crippen molar-refractivity contribution >= 4 is 34.7 Å². The largest absolute Gasteiger partial charge is 0.325 e. The summed E-state index contributed by atoms with van der Waals surface area (Å²) < 4.78 is 14.8. The molecule has 3 aromatic carbocycles. The van der Waals surface area contributed by atoms with Gasteiger partial charge < -0.3 is 10.6 Å². The third-order valence-corrected chi connectivity index (χ3v) is 8.68. The number of hydrogen-bond acceptors (Lipinski definition) is 6. The topological polar surface area (TPSA) is 122 Å². The Hall–Kier alpha value is -4.44. The molecule has 190 valence electrons. The third kappa shape index (κ3) is 2.50. The molecule has 2 N–H and O–H groups in total. The lowest BCUT2D eigenvalue weighted by atomic mass is 9.57. The molecular formula is C28H21FN4O5. The van der Waals surface area contributed by atoms with Crippen molar-refractivity contribution in [2.24, 2.45) is 5.92 Å². The second-order valence-corrected chi connectivity index (χ2v) is 10.2. The molecule has 4 atom stereocenters. The van der Waals surface area contributed by atoms with Gasteiger partial charge in [0.1, 0.15) is 16.8 Å². The number of anilines is 2. The minimum atomic E-state index is -1.74. The summed E-state index contributed by atoms with van der Waals surface area (Å²) >= 11 is 0. The van der Waals surface area contributed by atoms with Crippen LogP contribution >= 0.6 is 0 Å². The predicted octanol–water partition coefficient (Wildman–Crippen LogP) is 3.75. The van der Waals surface area contributed by atoms with E-state index in [1.165, 1.54) is 42.5 Å². The number of carbonyl (C=O) groups excluding carboxylic acids is 3. The fraction of sp³-hybridized carbons (Fsp3) is 0.250. The van der Waals surface area contributed by atoms with E-state index in [1.54, 1.807) is 24.3 Å². The van der Waals surface area contributed by atoms with Crippen LogP contribution in [0.4, 0.5) is 21.5 Å². The number of halogens is 1. The van der Waals surface area contributed by atoms with Gasteiger partial charge in [0, 0.05) is 40.7 Å². The molecule has 0 radical (unpaired) electrons. The molecule has 9 nitrogen and oxygen atoms in total. The Bertz CT molecular complexity index is 1610. The second kappa shape index (κ2) is 7.55. The molecule has 0 aliphatic carbocycles. The van der Waals surface area contributed by atoms with Crippen molar-refractivity contribution in [3.63, 3.8) is 0 Å². The zero-order chi connectivity index (χ0) is 26.4. The lowest BCUT2D eigenvalue weighted by Gasteiger charge is -2.43. The van der Waals surface area contributed by atoms with Gasteiger partial charge in [0.2, 0.25) is 5.91 Å². The number of amides is 2. The monoisotopic (exact) mass is 512 g/mol. The van der Waals surface area contributed by atoms with Crippen molar-refractivity contribution in [3.05, 3.63) is 99.4 Å². The number of ketones is 1. The van der Waals surface area contributed by atoms with Crippen LogP contribution in [0.2, 0.25) is 0 Å². The average Bonchev–Trinajstić information content (AvgIpc) is 3.62. The molecule has 0 unspecified atom stereocenters. The highest BCUT2D eigenvalue weighted by molar-refractivity contribution is 6.21. The summed E-state index contributed by atoms with van der Waals surface area (Å²) in [7, 11) is 0. The van der Waals surface area contributed by atoms with Gasteiger partial charge in [-0.15, -0.1) is 0 Å². The molecule has 4 aliphatic heterocycles. The normalized spacial score (nSPS) is 28.8. The van der Waals surface area contributed by atoms with Gasteiger partial charge in [-0.25, -0.2) is 4.39 Å². The van der Waals surface area contributed by atoms with Crippen LogP contribution in [0.1, 0.15) is 34.3 Å². The second-order valence-electron chi connectivity index (χ2n) is 10.2. The molecule has 0 aromatic heterocycles. The third-order valence-electron chi connectivity index (χ3n) is 8.68. The van der Waals surface area contributed by atoms with E-state index in [-0.39, 0.29) is 11.3 Å². The molecule has 7 rings (SSSR count). The van der Waals surface area contributed by atoms with Gasteiger partial charge in [-0.1, -0.05) is 30.3 Å². The van der Waals surface area contributed by atoms with Gasteiger partial charge in [-0.3, -0.25) is 29.4 Å². The number of non-ortho nitro benzene ring substituents is 1. The molecule has 4 aliphatic rings. The van der Waals surface area contributed by atoms with Gasteiger partial charge in [0.05, 0.1) is 10.8 Å². The number of benzene rings is 3. The summed E-state index contributed by atoms with van der Waals surface area (Å²) in [6, 6.07) is 15.8. The van der Waals surface area contributed by atoms with E-state index in [2.05, 4.69) is 10.6 Å². The summed E-state index contributed by atoms with van der Waals surface area (Å²) in [5.41, 5.74) is -1.92. The molecule has 4 heterocycles. The van der Waals surface area contributed by atoms with Crippen LogP contribution in [0.3, 0.4) is 0 Å². The van der Waals surface area contributed by atoms with Crippen LogP contribution in [-0.4, -0.2) is 40.0 Å². The van der Waals surface area contributed by atoms with Gasteiger partial charge in [0.15, 0.2) is 5.78 Å². The molecule has 2 amide bonds. The zero-order valence-electron chi connectivity index (χ0n) is 19.9. The molecule has 38 heavy (non-hydrogen) atoms. The van der Waals surface area contributed by atoms with Crippen molar-refractivity contribution in [2.75, 3.05) is 17.2 Å². The lowest BCUT2D eigenvalue weighted by molar-refractivity contribution is -0.384. The molecule has 2 spiro atoms. The van der Waals surface area contributed by atoms with Gasteiger partial charge in [-0.2, -0.15) is 0 Å². The van der Waals surface area contributed by atoms with Crippen molar-refractivity contribution in [1.82, 2.24) is 4.90 Å². The summed E-state index contributed by atoms with van der Waals surface area (Å²) in [6.45, 7) is 0.421. The molecule has 2 fully saturated rings. The smallest absolute Gasteiger partial charge is 0.270 e. The highest BCUT2D eigenvalue weighted by atomic mass is 19.1. The number of nitrogens with zero attached hydrogens (tertiary/aromatic N) is 2. The Balaban J connectivity index is 1.57. The van der Waals surface area contributed by atoms with Gasteiger partial charge >= 0.3 is 0 Å². The van der Waals surface area contributed by atoms with E-state index in [4.69, 9.17) is 0 Å². The molecule has 0 saturated carbocycles. The Morgan fingerprint density at radius 1 is 0.974 bits per heavy atom. The zero-order valence-corrected chi connectivity index (χ0v) is 19.9. The van der Waals surface area contributed by atoms with Gasteiger partial charge in [-0.05, 0) is 49.2 Å². The van der Waals surface area contributed by atoms with Gasteiger partial charge in [0.25, 0.3) is 11.6 Å². The number of nitrogens with one attached hydrogen (secondary N) is 2. The first kappa shape index (κ1) is 22.7. The van der Waals surface area contributed by atoms with Crippen LogP contribution in [-0.2, 0) is 20.5 Å². The first-order valence-electron chi connectivity index (χ1n) is 12.4. The van der Waals surface area contributed by atoms with Crippen molar-refractivity contribution in [3.8, 4) is 0 Å². The molecule has 3 aromatic rings. The maximum Gasteiger partial charge on any atom is 0.270 e. The van der Waals surface area contributed by atoms with E-state index in [1.807, 2.05) is 4.90 Å². The maximum atomic E-state index is 14.8. The Kier molecular flexibility index (Phi) is 4.51. The number of hydrogen-bond donors (Lipinski definition) is 2. The van der Waals surface area contributed by atoms with E-state index in [9.17, 15) is 28.9 Å². The number of para-hydroxylation sites is 1. The van der Waals surface area contributed by atoms with E-state index >= 15 is 0 Å². The summed E-state index contributed by atoms with van der Waals surface area (Å²) in [5, 5.41) is 17.3. The highest BCUT2D eigenvalue weighted by Crippen LogP contribution is 2.67. The van der Waals surface area contributed by atoms with Crippen LogP contribution in [0, 0.1) is 21.8 Å². The number of nitro benzene ring substituents is 1. The Labute approximate surface area is 215 Å². The SMILES string of the molecule is O=C(c1cccc([N+](=O)[O-])c1)[C@H]1[C@@H]2CCCN2[C@]2(C(=O)Nc3ccc(F)cc32)[C@]12C(=O)Nc1ccccc12. The van der Waals surface area contributed by atoms with Crippen molar-refractivity contribution in [1.29, 1.82) is 0 Å². The fourth-order valence-corrected chi connectivity index (χ4v) is 7.50. The first-order chi connectivity index (χ1) is 18.3. The van der Waals surface area contributed by atoms with Crippen LogP contribution < -0.4 is 10.6 Å². The number of Topliss-reactive ketones (excluding diaryl/α,β-unsaturated/α-hetero) is 1. The predicted molar refractivity (Wildman–Crippen MR) is 134 cm³/mol. The number of rotatable bonds is 3. The molecule has 2 saturated heterocycles. The molecule has 10 heteroatoms.